The van der Waals surface area contributed by atoms with Crippen LogP contribution in [0.2, 0.25) is 0 Å². The summed E-state index contributed by atoms with van der Waals surface area (Å²) in [5.74, 6) is 0. The second kappa shape index (κ2) is 5.35. The number of aryl methyl sites for hydroxylation is 1. The number of nitrogens with zero attached hydrogens (tertiary/aromatic N) is 3. The number of benzene rings is 1. The molecule has 0 saturated carbocycles. The highest BCUT2D eigenvalue weighted by atomic mass is 79.9. The molecule has 1 aromatic carbocycles. The van der Waals surface area contributed by atoms with E-state index in [2.05, 4.69) is 21.0 Å². The smallest absolute Gasteiger partial charge is 0.152 e. The predicted molar refractivity (Wildman–Crippen MR) is 74.8 cm³/mol. The van der Waals surface area contributed by atoms with Crippen molar-refractivity contribution < 1.29 is 4.79 Å². The molecule has 0 aliphatic rings. The first-order valence-corrected chi connectivity index (χ1v) is 6.33. The summed E-state index contributed by atoms with van der Waals surface area (Å²) in [5.41, 5.74) is 2.70. The van der Waals surface area contributed by atoms with Gasteiger partial charge in [0.15, 0.2) is 6.29 Å². The quantitative estimate of drug-likeness (QED) is 0.815. The molecule has 0 aliphatic carbocycles. The van der Waals surface area contributed by atoms with Gasteiger partial charge in [-0.25, -0.2) is 0 Å². The topological polar surface area (TPSA) is 38.1 Å². The minimum atomic E-state index is 0.677. The van der Waals surface area contributed by atoms with Crippen LogP contribution in [0.5, 0.6) is 0 Å². The fraction of sp³-hybridized carbons (Fsp3) is 0.231. The molecule has 1 heterocycles. The molecule has 4 nitrogen and oxygen atoms in total. The molecule has 1 aromatic heterocycles. The monoisotopic (exact) mass is 307 g/mol. The minimum Gasteiger partial charge on any atom is -0.370 e. The lowest BCUT2D eigenvalue weighted by molar-refractivity contribution is 0.112. The molecule has 0 atom stereocenters. The van der Waals surface area contributed by atoms with E-state index in [4.69, 9.17) is 0 Å². The molecule has 94 valence electrons. The molecule has 0 unspecified atom stereocenters. The van der Waals surface area contributed by atoms with Gasteiger partial charge in [0.2, 0.25) is 0 Å². The van der Waals surface area contributed by atoms with Gasteiger partial charge in [-0.15, -0.1) is 0 Å². The van der Waals surface area contributed by atoms with Crippen LogP contribution >= 0.6 is 15.9 Å². The predicted octanol–water partition coefficient (Wildman–Crippen LogP) is 2.63. The number of rotatable bonds is 4. The molecule has 0 bridgehead atoms. The molecular formula is C13H14BrN3O. The van der Waals surface area contributed by atoms with Crippen LogP contribution in [-0.2, 0) is 13.6 Å². The summed E-state index contributed by atoms with van der Waals surface area (Å²) in [6, 6.07) is 5.69. The van der Waals surface area contributed by atoms with E-state index in [1.54, 1.807) is 4.68 Å². The first-order valence-electron chi connectivity index (χ1n) is 5.53. The first-order chi connectivity index (χ1) is 8.60. The van der Waals surface area contributed by atoms with Gasteiger partial charge in [-0.05, 0) is 18.2 Å². The Balaban J connectivity index is 2.23. The van der Waals surface area contributed by atoms with Gasteiger partial charge in [0, 0.05) is 48.1 Å². The van der Waals surface area contributed by atoms with Gasteiger partial charge in [0.25, 0.3) is 0 Å². The largest absolute Gasteiger partial charge is 0.370 e. The molecule has 0 radical (unpaired) electrons. The average Bonchev–Trinajstić information content (AvgIpc) is 2.74. The van der Waals surface area contributed by atoms with E-state index >= 15 is 0 Å². The zero-order valence-electron chi connectivity index (χ0n) is 10.3. The minimum absolute atomic E-state index is 0.677. The fourth-order valence-corrected chi connectivity index (χ4v) is 2.26. The molecule has 0 aliphatic heterocycles. The van der Waals surface area contributed by atoms with Crippen molar-refractivity contribution >= 4 is 27.9 Å². The van der Waals surface area contributed by atoms with Gasteiger partial charge >= 0.3 is 0 Å². The Hall–Kier alpha value is -1.62. The molecule has 18 heavy (non-hydrogen) atoms. The maximum Gasteiger partial charge on any atom is 0.152 e. The average molecular weight is 308 g/mol. The van der Waals surface area contributed by atoms with Crippen molar-refractivity contribution in [3.8, 4) is 0 Å². The Morgan fingerprint density at radius 3 is 2.89 bits per heavy atom. The Morgan fingerprint density at radius 1 is 1.50 bits per heavy atom. The van der Waals surface area contributed by atoms with Gasteiger partial charge in [-0.1, -0.05) is 15.9 Å². The summed E-state index contributed by atoms with van der Waals surface area (Å²) in [6.45, 7) is 0.719. The number of anilines is 1. The molecule has 2 rings (SSSR count). The van der Waals surface area contributed by atoms with E-state index in [-0.39, 0.29) is 0 Å². The SMILES string of the molecule is CN(Cc1cnn(C)c1)c1ccc(Br)cc1C=O. The summed E-state index contributed by atoms with van der Waals surface area (Å²) >= 11 is 3.37. The van der Waals surface area contributed by atoms with Crippen LogP contribution in [0.25, 0.3) is 0 Å². The maximum atomic E-state index is 11.1. The van der Waals surface area contributed by atoms with Crippen LogP contribution in [0.3, 0.4) is 0 Å². The molecule has 5 heteroatoms. The second-order valence-electron chi connectivity index (χ2n) is 4.20. The first kappa shape index (κ1) is 12.8. The van der Waals surface area contributed by atoms with Gasteiger partial charge in [-0.2, -0.15) is 5.10 Å². The van der Waals surface area contributed by atoms with Gasteiger partial charge in [0.1, 0.15) is 0 Å². The van der Waals surface area contributed by atoms with Crippen molar-refractivity contribution in [2.24, 2.45) is 7.05 Å². The van der Waals surface area contributed by atoms with Crippen LogP contribution < -0.4 is 4.90 Å². The van der Waals surface area contributed by atoms with Crippen LogP contribution in [0, 0.1) is 0 Å². The maximum absolute atomic E-state index is 11.1. The number of carbonyl (C=O) groups is 1. The Morgan fingerprint density at radius 2 is 2.28 bits per heavy atom. The summed E-state index contributed by atoms with van der Waals surface area (Å²) in [5, 5.41) is 4.13. The fourth-order valence-electron chi connectivity index (χ4n) is 1.88. The zero-order valence-corrected chi connectivity index (χ0v) is 11.9. The summed E-state index contributed by atoms with van der Waals surface area (Å²) in [6.07, 6.45) is 4.67. The van der Waals surface area contributed by atoms with E-state index in [0.717, 1.165) is 28.6 Å². The molecule has 0 spiro atoms. The Labute approximate surface area is 114 Å². The van der Waals surface area contributed by atoms with Crippen molar-refractivity contribution in [1.29, 1.82) is 0 Å². The second-order valence-corrected chi connectivity index (χ2v) is 5.11. The van der Waals surface area contributed by atoms with Crippen molar-refractivity contribution in [1.82, 2.24) is 9.78 Å². The number of hydrogen-bond donors (Lipinski definition) is 0. The lowest BCUT2D eigenvalue weighted by Gasteiger charge is -2.20. The Bertz CT molecular complexity index is 565. The van der Waals surface area contributed by atoms with Gasteiger partial charge in [0.05, 0.1) is 6.20 Å². The van der Waals surface area contributed by atoms with E-state index in [0.29, 0.717) is 5.56 Å². The number of aldehydes is 1. The van der Waals surface area contributed by atoms with E-state index < -0.39 is 0 Å². The van der Waals surface area contributed by atoms with Crippen molar-refractivity contribution in [2.75, 3.05) is 11.9 Å². The van der Waals surface area contributed by atoms with Crippen molar-refractivity contribution in [3.05, 3.63) is 46.2 Å². The highest BCUT2D eigenvalue weighted by Gasteiger charge is 2.09. The Kier molecular flexibility index (Phi) is 3.81. The highest BCUT2D eigenvalue weighted by molar-refractivity contribution is 9.10. The van der Waals surface area contributed by atoms with Crippen molar-refractivity contribution in [2.45, 2.75) is 6.54 Å². The van der Waals surface area contributed by atoms with E-state index in [1.807, 2.05) is 49.6 Å². The molecule has 0 N–H and O–H groups in total. The summed E-state index contributed by atoms with van der Waals surface area (Å²) in [7, 11) is 3.85. The molecule has 0 amide bonds. The lowest BCUT2D eigenvalue weighted by atomic mass is 10.1. The number of carbonyl (C=O) groups excluding carboxylic acids is 1. The molecule has 0 saturated heterocycles. The number of hydrogen-bond acceptors (Lipinski definition) is 3. The third-order valence-electron chi connectivity index (χ3n) is 2.71. The van der Waals surface area contributed by atoms with E-state index in [9.17, 15) is 4.79 Å². The molecule has 0 fully saturated rings. The van der Waals surface area contributed by atoms with E-state index in [1.165, 1.54) is 0 Å². The van der Waals surface area contributed by atoms with Crippen LogP contribution in [0.4, 0.5) is 5.69 Å². The molecule has 2 aromatic rings. The van der Waals surface area contributed by atoms with Crippen molar-refractivity contribution in [3.63, 3.8) is 0 Å². The third kappa shape index (κ3) is 2.79. The van der Waals surface area contributed by atoms with Crippen LogP contribution in [0.15, 0.2) is 35.1 Å². The van der Waals surface area contributed by atoms with Gasteiger partial charge < -0.3 is 4.90 Å². The summed E-state index contributed by atoms with van der Waals surface area (Å²) in [4.78, 5) is 13.1. The third-order valence-corrected chi connectivity index (χ3v) is 3.20. The van der Waals surface area contributed by atoms with Gasteiger partial charge in [-0.3, -0.25) is 9.48 Å². The van der Waals surface area contributed by atoms with Crippen LogP contribution in [0.1, 0.15) is 15.9 Å². The normalized spacial score (nSPS) is 10.4. The lowest BCUT2D eigenvalue weighted by Crippen LogP contribution is -2.17. The summed E-state index contributed by atoms with van der Waals surface area (Å²) < 4.78 is 2.67. The van der Waals surface area contributed by atoms with Crippen LogP contribution in [-0.4, -0.2) is 23.1 Å². The zero-order chi connectivity index (χ0) is 13.1. The number of halogens is 1. The highest BCUT2D eigenvalue weighted by Crippen LogP contribution is 2.23. The molecular weight excluding hydrogens is 294 g/mol. The number of aromatic nitrogens is 2. The standard InChI is InChI=1S/C13H14BrN3O/c1-16(7-10-6-15-17(2)8-10)13-4-3-12(14)5-11(13)9-18/h3-6,8-9H,7H2,1-2H3.